The van der Waals surface area contributed by atoms with Crippen LogP contribution in [0.1, 0.15) is 77.2 Å². The lowest BCUT2D eigenvalue weighted by atomic mass is 9.91. The van der Waals surface area contributed by atoms with Gasteiger partial charge in [-0.25, -0.2) is 4.68 Å². The van der Waals surface area contributed by atoms with Crippen LogP contribution in [0.5, 0.6) is 0 Å². The van der Waals surface area contributed by atoms with Gasteiger partial charge in [0, 0.05) is 6.04 Å². The maximum absolute atomic E-state index is 9.72. The van der Waals surface area contributed by atoms with Crippen molar-refractivity contribution in [1.29, 1.82) is 0 Å². The van der Waals surface area contributed by atoms with E-state index in [0.717, 1.165) is 31.6 Å². The highest BCUT2D eigenvalue weighted by Crippen LogP contribution is 2.39. The molecule has 1 aliphatic carbocycles. The monoisotopic (exact) mass is 307 g/mol. The SMILES string of the molecule is CC(C)(C)CCN1[C@H](CO)CC[C@H]1c1nnnn1C1CCC1. The Morgan fingerprint density at radius 3 is 2.55 bits per heavy atom. The summed E-state index contributed by atoms with van der Waals surface area (Å²) in [6.07, 6.45) is 6.85. The van der Waals surface area contributed by atoms with Crippen LogP contribution in [-0.2, 0) is 0 Å². The standard InChI is InChI=1S/C16H29N5O/c1-16(2,3)9-10-20-13(11-22)7-8-14(20)15-17-18-19-21(15)12-5-4-6-12/h12-14,22H,4-11H2,1-3H3/t13-,14-/m0/s1. The third-order valence-electron chi connectivity index (χ3n) is 5.21. The van der Waals surface area contributed by atoms with Gasteiger partial charge in [-0.3, -0.25) is 4.90 Å². The van der Waals surface area contributed by atoms with Crippen LogP contribution in [0.15, 0.2) is 0 Å². The van der Waals surface area contributed by atoms with Crippen LogP contribution < -0.4 is 0 Å². The highest BCUT2D eigenvalue weighted by molar-refractivity contribution is 5.02. The second kappa shape index (κ2) is 6.24. The van der Waals surface area contributed by atoms with Gasteiger partial charge < -0.3 is 5.11 Å². The minimum Gasteiger partial charge on any atom is -0.395 e. The molecule has 0 unspecified atom stereocenters. The molecule has 1 N–H and O–H groups in total. The summed E-state index contributed by atoms with van der Waals surface area (Å²) in [7, 11) is 0. The zero-order valence-corrected chi connectivity index (χ0v) is 14.1. The Hall–Kier alpha value is -1.01. The molecule has 0 aromatic carbocycles. The van der Waals surface area contributed by atoms with Crippen LogP contribution in [0.4, 0.5) is 0 Å². The number of hydrogen-bond donors (Lipinski definition) is 1. The van der Waals surface area contributed by atoms with Crippen molar-refractivity contribution < 1.29 is 5.11 Å². The summed E-state index contributed by atoms with van der Waals surface area (Å²) in [5.41, 5.74) is 0.299. The molecule has 0 spiro atoms. The number of aromatic nitrogens is 4. The van der Waals surface area contributed by atoms with Gasteiger partial charge in [-0.05, 0) is 60.9 Å². The maximum atomic E-state index is 9.72. The second-order valence-corrected chi connectivity index (χ2v) is 8.04. The Labute approximate surface area is 132 Å². The normalized spacial score (nSPS) is 27.3. The highest BCUT2D eigenvalue weighted by Gasteiger charge is 2.38. The minimum absolute atomic E-state index is 0.228. The lowest BCUT2D eigenvalue weighted by molar-refractivity contribution is 0.108. The Morgan fingerprint density at radius 2 is 1.95 bits per heavy atom. The van der Waals surface area contributed by atoms with E-state index < -0.39 is 0 Å². The van der Waals surface area contributed by atoms with Crippen molar-refractivity contribution >= 4 is 0 Å². The largest absolute Gasteiger partial charge is 0.395 e. The molecule has 1 aromatic heterocycles. The van der Waals surface area contributed by atoms with Crippen molar-refractivity contribution in [2.24, 2.45) is 5.41 Å². The van der Waals surface area contributed by atoms with Crippen LogP contribution in [-0.4, -0.2) is 49.4 Å². The molecule has 1 saturated heterocycles. The lowest BCUT2D eigenvalue weighted by Crippen LogP contribution is -2.37. The number of aliphatic hydroxyl groups excluding tert-OH is 1. The van der Waals surface area contributed by atoms with Crippen molar-refractivity contribution in [3.05, 3.63) is 5.82 Å². The fourth-order valence-electron chi connectivity index (χ4n) is 3.52. The summed E-state index contributed by atoms with van der Waals surface area (Å²) in [5, 5.41) is 22.2. The van der Waals surface area contributed by atoms with E-state index >= 15 is 0 Å². The van der Waals surface area contributed by atoms with Gasteiger partial charge in [-0.15, -0.1) is 5.10 Å². The average Bonchev–Trinajstić information content (AvgIpc) is 2.99. The van der Waals surface area contributed by atoms with Crippen molar-refractivity contribution in [3.63, 3.8) is 0 Å². The molecule has 3 rings (SSSR count). The summed E-state index contributed by atoms with van der Waals surface area (Å²) < 4.78 is 2.05. The fraction of sp³-hybridized carbons (Fsp3) is 0.938. The van der Waals surface area contributed by atoms with Crippen LogP contribution in [0.2, 0.25) is 0 Å². The van der Waals surface area contributed by atoms with E-state index in [-0.39, 0.29) is 18.7 Å². The van der Waals surface area contributed by atoms with Gasteiger partial charge in [-0.2, -0.15) is 0 Å². The molecule has 2 atom stereocenters. The molecule has 22 heavy (non-hydrogen) atoms. The molecule has 0 radical (unpaired) electrons. The molecule has 2 heterocycles. The van der Waals surface area contributed by atoms with Gasteiger partial charge >= 0.3 is 0 Å². The summed E-state index contributed by atoms with van der Waals surface area (Å²) in [5.74, 6) is 1.01. The molecule has 0 bridgehead atoms. The Balaban J connectivity index is 1.77. The van der Waals surface area contributed by atoms with Crippen LogP contribution in [0.25, 0.3) is 0 Å². The number of aliphatic hydroxyl groups is 1. The van der Waals surface area contributed by atoms with Gasteiger partial charge in [0.15, 0.2) is 5.82 Å². The van der Waals surface area contributed by atoms with E-state index in [4.69, 9.17) is 0 Å². The molecular formula is C16H29N5O. The van der Waals surface area contributed by atoms with Gasteiger partial charge in [0.1, 0.15) is 0 Å². The van der Waals surface area contributed by atoms with Gasteiger partial charge in [0.05, 0.1) is 18.7 Å². The molecule has 1 saturated carbocycles. The third kappa shape index (κ3) is 3.18. The quantitative estimate of drug-likeness (QED) is 0.904. The number of likely N-dealkylation sites (tertiary alicyclic amines) is 1. The predicted octanol–water partition coefficient (Wildman–Crippen LogP) is 2.33. The van der Waals surface area contributed by atoms with E-state index in [0.29, 0.717) is 11.5 Å². The Morgan fingerprint density at radius 1 is 1.18 bits per heavy atom. The van der Waals surface area contributed by atoms with E-state index in [9.17, 15) is 5.11 Å². The lowest BCUT2D eigenvalue weighted by Gasteiger charge is -2.33. The molecule has 1 aliphatic heterocycles. The number of nitrogens with zero attached hydrogens (tertiary/aromatic N) is 5. The number of rotatable bonds is 5. The van der Waals surface area contributed by atoms with E-state index in [1.807, 2.05) is 0 Å². The van der Waals surface area contributed by atoms with E-state index in [2.05, 4.69) is 45.9 Å². The fourth-order valence-corrected chi connectivity index (χ4v) is 3.52. The second-order valence-electron chi connectivity index (χ2n) is 8.04. The minimum atomic E-state index is 0.228. The maximum Gasteiger partial charge on any atom is 0.168 e. The van der Waals surface area contributed by atoms with Crippen LogP contribution in [0.3, 0.4) is 0 Å². The Kier molecular flexibility index (Phi) is 4.50. The van der Waals surface area contributed by atoms with Gasteiger partial charge in [0.2, 0.25) is 0 Å². The molecule has 6 nitrogen and oxygen atoms in total. The van der Waals surface area contributed by atoms with Gasteiger partial charge in [-0.1, -0.05) is 20.8 Å². The summed E-state index contributed by atoms with van der Waals surface area (Å²) in [6, 6.07) is 0.997. The first-order valence-electron chi connectivity index (χ1n) is 8.64. The zero-order valence-electron chi connectivity index (χ0n) is 14.1. The van der Waals surface area contributed by atoms with Crippen LogP contribution in [0, 0.1) is 5.41 Å². The zero-order chi connectivity index (χ0) is 15.7. The molecule has 1 aromatic rings. The van der Waals surface area contributed by atoms with E-state index in [1.54, 1.807) is 0 Å². The number of tetrazole rings is 1. The van der Waals surface area contributed by atoms with Crippen molar-refractivity contribution in [2.45, 2.75) is 77.4 Å². The first-order valence-corrected chi connectivity index (χ1v) is 8.64. The summed E-state index contributed by atoms with van der Waals surface area (Å²) in [4.78, 5) is 2.44. The first kappa shape index (κ1) is 15.9. The van der Waals surface area contributed by atoms with Gasteiger partial charge in [0.25, 0.3) is 0 Å². The third-order valence-corrected chi connectivity index (χ3v) is 5.21. The first-order chi connectivity index (χ1) is 10.5. The number of hydrogen-bond acceptors (Lipinski definition) is 5. The molecule has 6 heteroatoms. The highest BCUT2D eigenvalue weighted by atomic mass is 16.3. The molecule has 0 amide bonds. The predicted molar refractivity (Wildman–Crippen MR) is 84.3 cm³/mol. The molecule has 124 valence electrons. The smallest absolute Gasteiger partial charge is 0.168 e. The van der Waals surface area contributed by atoms with Crippen molar-refractivity contribution in [3.8, 4) is 0 Å². The van der Waals surface area contributed by atoms with E-state index in [1.165, 1.54) is 19.3 Å². The van der Waals surface area contributed by atoms with Crippen LogP contribution >= 0.6 is 0 Å². The summed E-state index contributed by atoms with van der Waals surface area (Å²) >= 11 is 0. The molecule has 2 fully saturated rings. The van der Waals surface area contributed by atoms with Crippen molar-refractivity contribution in [1.82, 2.24) is 25.1 Å². The topological polar surface area (TPSA) is 67.1 Å². The molecular weight excluding hydrogens is 278 g/mol. The Bertz CT molecular complexity index is 491. The van der Waals surface area contributed by atoms with Crippen molar-refractivity contribution in [2.75, 3.05) is 13.2 Å². The average molecular weight is 307 g/mol. The summed E-state index contributed by atoms with van der Waals surface area (Å²) in [6.45, 7) is 8.03. The molecule has 2 aliphatic rings.